The molecule has 1 amide bonds. The summed E-state index contributed by atoms with van der Waals surface area (Å²) in [6, 6.07) is 5.92. The number of nitrogens with one attached hydrogen (secondary N) is 3. The molecule has 24 heavy (non-hydrogen) atoms. The molecule has 0 radical (unpaired) electrons. The SMILES string of the molecule is CCCC(=O)NC(NC(=S)Nc1ccc(C(=O)O)cc1)C(Cl)(Cl)Cl. The highest BCUT2D eigenvalue weighted by atomic mass is 35.6. The molecule has 0 saturated carbocycles. The molecule has 0 aliphatic heterocycles. The predicted molar refractivity (Wildman–Crippen MR) is 99.9 cm³/mol. The van der Waals surface area contributed by atoms with Crippen LogP contribution in [-0.2, 0) is 4.79 Å². The summed E-state index contributed by atoms with van der Waals surface area (Å²) in [5.41, 5.74) is 0.686. The molecule has 132 valence electrons. The Morgan fingerprint density at radius 1 is 1.21 bits per heavy atom. The van der Waals surface area contributed by atoms with Crippen LogP contribution in [0.2, 0.25) is 0 Å². The van der Waals surface area contributed by atoms with Gasteiger partial charge in [0.15, 0.2) is 5.11 Å². The summed E-state index contributed by atoms with van der Waals surface area (Å²) < 4.78 is -1.82. The van der Waals surface area contributed by atoms with Crippen molar-refractivity contribution in [3.63, 3.8) is 0 Å². The summed E-state index contributed by atoms with van der Waals surface area (Å²) in [7, 11) is 0. The van der Waals surface area contributed by atoms with E-state index < -0.39 is 15.9 Å². The van der Waals surface area contributed by atoms with E-state index in [9.17, 15) is 9.59 Å². The van der Waals surface area contributed by atoms with E-state index >= 15 is 0 Å². The summed E-state index contributed by atoms with van der Waals surface area (Å²) in [6.45, 7) is 1.85. The Balaban J connectivity index is 2.70. The molecule has 1 aromatic carbocycles. The lowest BCUT2D eigenvalue weighted by molar-refractivity contribution is -0.121. The van der Waals surface area contributed by atoms with Crippen molar-refractivity contribution in [1.29, 1.82) is 0 Å². The highest BCUT2D eigenvalue weighted by molar-refractivity contribution is 7.80. The lowest BCUT2D eigenvalue weighted by atomic mass is 10.2. The predicted octanol–water partition coefficient (Wildman–Crippen LogP) is 3.28. The second-order valence-electron chi connectivity index (χ2n) is 4.77. The van der Waals surface area contributed by atoms with Crippen LogP contribution >= 0.6 is 47.0 Å². The summed E-state index contributed by atoms with van der Waals surface area (Å²) in [4.78, 5) is 22.5. The minimum atomic E-state index is -1.82. The minimum absolute atomic E-state index is 0.103. The van der Waals surface area contributed by atoms with Gasteiger partial charge in [-0.05, 0) is 42.9 Å². The van der Waals surface area contributed by atoms with Crippen LogP contribution in [0.5, 0.6) is 0 Å². The van der Waals surface area contributed by atoms with Gasteiger partial charge in [-0.15, -0.1) is 0 Å². The zero-order valence-corrected chi connectivity index (χ0v) is 15.7. The molecule has 1 unspecified atom stereocenters. The number of halogens is 3. The Labute approximate surface area is 159 Å². The summed E-state index contributed by atoms with van der Waals surface area (Å²) in [6.07, 6.45) is -0.0906. The normalized spacial score (nSPS) is 12.2. The van der Waals surface area contributed by atoms with E-state index in [0.717, 1.165) is 0 Å². The van der Waals surface area contributed by atoms with Crippen LogP contribution in [0.1, 0.15) is 30.1 Å². The molecular weight excluding hydrogens is 397 g/mol. The number of carbonyl (C=O) groups excluding carboxylic acids is 1. The largest absolute Gasteiger partial charge is 0.478 e. The number of thiocarbonyl (C=S) groups is 1. The summed E-state index contributed by atoms with van der Waals surface area (Å²) in [5.74, 6) is -1.31. The number of carboxylic acids is 1. The maximum absolute atomic E-state index is 11.7. The Hall–Kier alpha value is -1.28. The third-order valence-corrected chi connectivity index (χ3v) is 3.65. The first-order valence-electron chi connectivity index (χ1n) is 6.90. The van der Waals surface area contributed by atoms with Gasteiger partial charge in [-0.25, -0.2) is 4.79 Å². The second kappa shape index (κ2) is 9.27. The van der Waals surface area contributed by atoms with Crippen LogP contribution in [0.15, 0.2) is 24.3 Å². The average molecular weight is 413 g/mol. The van der Waals surface area contributed by atoms with Crippen molar-refractivity contribution in [2.75, 3.05) is 5.32 Å². The van der Waals surface area contributed by atoms with Crippen molar-refractivity contribution in [3.05, 3.63) is 29.8 Å². The topological polar surface area (TPSA) is 90.5 Å². The molecule has 0 spiro atoms. The number of alkyl halides is 3. The van der Waals surface area contributed by atoms with E-state index in [0.29, 0.717) is 12.1 Å². The monoisotopic (exact) mass is 411 g/mol. The first-order chi connectivity index (χ1) is 11.1. The van der Waals surface area contributed by atoms with Gasteiger partial charge in [0, 0.05) is 12.1 Å². The number of hydrogen-bond donors (Lipinski definition) is 4. The first kappa shape index (κ1) is 20.8. The lowest BCUT2D eigenvalue weighted by Crippen LogP contribution is -2.56. The van der Waals surface area contributed by atoms with Crippen molar-refractivity contribution >= 4 is 69.7 Å². The number of carbonyl (C=O) groups is 2. The fourth-order valence-corrected chi connectivity index (χ4v) is 2.22. The molecule has 1 rings (SSSR count). The van der Waals surface area contributed by atoms with Gasteiger partial charge in [-0.1, -0.05) is 41.7 Å². The maximum atomic E-state index is 11.7. The molecule has 0 aromatic heterocycles. The number of amides is 1. The van der Waals surface area contributed by atoms with Crippen LogP contribution < -0.4 is 16.0 Å². The molecule has 1 aromatic rings. The highest BCUT2D eigenvalue weighted by Gasteiger charge is 2.34. The molecule has 10 heteroatoms. The average Bonchev–Trinajstić information content (AvgIpc) is 2.46. The van der Waals surface area contributed by atoms with E-state index in [2.05, 4.69) is 16.0 Å². The standard InChI is InChI=1S/C14H16Cl3N3O3S/c1-2-3-10(21)19-12(14(15,16)17)20-13(24)18-9-6-4-8(5-7-9)11(22)23/h4-7,12H,2-3H2,1H3,(H,19,21)(H,22,23)(H2,18,20,24). The number of aromatic carboxylic acids is 1. The van der Waals surface area contributed by atoms with Crippen LogP contribution in [-0.4, -0.2) is 32.1 Å². The van der Waals surface area contributed by atoms with Gasteiger partial charge < -0.3 is 21.1 Å². The zero-order valence-electron chi connectivity index (χ0n) is 12.6. The van der Waals surface area contributed by atoms with Gasteiger partial charge in [0.1, 0.15) is 6.17 Å². The third-order valence-electron chi connectivity index (χ3n) is 2.77. The summed E-state index contributed by atoms with van der Waals surface area (Å²) >= 11 is 22.7. The zero-order chi connectivity index (χ0) is 18.3. The molecule has 0 saturated heterocycles. The van der Waals surface area contributed by atoms with Crippen LogP contribution in [0.25, 0.3) is 0 Å². The Bertz CT molecular complexity index is 606. The number of carboxylic acid groups (broad SMARTS) is 1. The Morgan fingerprint density at radius 3 is 2.25 bits per heavy atom. The molecule has 0 aliphatic rings. The van der Waals surface area contributed by atoms with Crippen LogP contribution in [0.4, 0.5) is 5.69 Å². The van der Waals surface area contributed by atoms with Gasteiger partial charge in [-0.2, -0.15) is 0 Å². The molecule has 4 N–H and O–H groups in total. The molecule has 0 heterocycles. The molecular formula is C14H16Cl3N3O3S. The van der Waals surface area contributed by atoms with Crippen molar-refractivity contribution in [2.24, 2.45) is 0 Å². The van der Waals surface area contributed by atoms with E-state index in [1.54, 1.807) is 0 Å². The number of anilines is 1. The van der Waals surface area contributed by atoms with Gasteiger partial charge >= 0.3 is 5.97 Å². The van der Waals surface area contributed by atoms with Crippen molar-refractivity contribution < 1.29 is 14.7 Å². The molecule has 0 aliphatic carbocycles. The number of benzene rings is 1. The van der Waals surface area contributed by atoms with E-state index in [1.807, 2.05) is 6.92 Å². The maximum Gasteiger partial charge on any atom is 0.335 e. The smallest absolute Gasteiger partial charge is 0.335 e. The van der Waals surface area contributed by atoms with Crippen molar-refractivity contribution in [2.45, 2.75) is 29.7 Å². The molecule has 0 fully saturated rings. The molecule has 1 atom stereocenters. The first-order valence-corrected chi connectivity index (χ1v) is 8.44. The van der Waals surface area contributed by atoms with E-state index in [4.69, 9.17) is 52.1 Å². The van der Waals surface area contributed by atoms with Gasteiger partial charge in [0.2, 0.25) is 9.70 Å². The van der Waals surface area contributed by atoms with Gasteiger partial charge in [0.25, 0.3) is 0 Å². The highest BCUT2D eigenvalue weighted by Crippen LogP contribution is 2.29. The summed E-state index contributed by atoms with van der Waals surface area (Å²) in [5, 5.41) is 17.0. The number of rotatable bonds is 6. The van der Waals surface area contributed by atoms with E-state index in [-0.39, 0.29) is 23.0 Å². The molecule has 0 bridgehead atoms. The van der Waals surface area contributed by atoms with Gasteiger partial charge in [-0.3, -0.25) is 4.79 Å². The number of hydrogen-bond acceptors (Lipinski definition) is 3. The fourth-order valence-electron chi connectivity index (χ4n) is 1.65. The van der Waals surface area contributed by atoms with Crippen LogP contribution in [0, 0.1) is 0 Å². The minimum Gasteiger partial charge on any atom is -0.478 e. The fraction of sp³-hybridized carbons (Fsp3) is 0.357. The third kappa shape index (κ3) is 7.09. The van der Waals surface area contributed by atoms with Gasteiger partial charge in [0.05, 0.1) is 5.56 Å². The Morgan fingerprint density at radius 2 is 1.79 bits per heavy atom. The van der Waals surface area contributed by atoms with Crippen LogP contribution in [0.3, 0.4) is 0 Å². The van der Waals surface area contributed by atoms with Crippen molar-refractivity contribution in [1.82, 2.24) is 10.6 Å². The molecule has 6 nitrogen and oxygen atoms in total. The Kier molecular flexibility index (Phi) is 8.02. The van der Waals surface area contributed by atoms with E-state index in [1.165, 1.54) is 24.3 Å². The lowest BCUT2D eigenvalue weighted by Gasteiger charge is -2.27. The second-order valence-corrected chi connectivity index (χ2v) is 7.55. The van der Waals surface area contributed by atoms with Crippen molar-refractivity contribution in [3.8, 4) is 0 Å². The quantitative estimate of drug-likeness (QED) is 0.326.